The van der Waals surface area contributed by atoms with Crippen LogP contribution in [-0.4, -0.2) is 19.9 Å². The van der Waals surface area contributed by atoms with Gasteiger partial charge in [-0.25, -0.2) is 18.1 Å². The van der Waals surface area contributed by atoms with E-state index in [4.69, 9.17) is 0 Å². The van der Waals surface area contributed by atoms with Gasteiger partial charge in [-0.1, -0.05) is 42.5 Å². The van der Waals surface area contributed by atoms with Crippen molar-refractivity contribution in [2.24, 2.45) is 0 Å². The molecule has 3 rings (SSSR count). The third-order valence-electron chi connectivity index (χ3n) is 3.75. The summed E-state index contributed by atoms with van der Waals surface area (Å²) >= 11 is 1.63. The van der Waals surface area contributed by atoms with Crippen molar-refractivity contribution in [2.45, 2.75) is 24.7 Å². The van der Waals surface area contributed by atoms with E-state index >= 15 is 0 Å². The fraction of sp³-hybridized carbons (Fsp3) is 0.211. The van der Waals surface area contributed by atoms with Crippen molar-refractivity contribution in [2.75, 3.05) is 6.54 Å². The number of nitrogens with one attached hydrogen (secondary N) is 1. The smallest absolute Gasteiger partial charge is 0.240 e. The molecule has 1 heterocycles. The van der Waals surface area contributed by atoms with E-state index < -0.39 is 10.0 Å². The van der Waals surface area contributed by atoms with Crippen LogP contribution in [0.5, 0.6) is 0 Å². The standard InChI is InChI=1S/C19H20N2O2S2/c1-15-6-5-9-18(12-15)25(22,23)21-11-10-19-20-14-17(24-19)13-16-7-3-2-4-8-16/h2-9,12,14,21H,10-11,13H2,1H3. The first kappa shape index (κ1) is 17.8. The van der Waals surface area contributed by atoms with E-state index in [2.05, 4.69) is 21.8 Å². The van der Waals surface area contributed by atoms with Crippen LogP contribution < -0.4 is 4.72 Å². The topological polar surface area (TPSA) is 59.1 Å². The number of aromatic nitrogens is 1. The van der Waals surface area contributed by atoms with Crippen LogP contribution in [0.15, 0.2) is 65.7 Å². The number of hydrogen-bond acceptors (Lipinski definition) is 4. The number of thiazole rings is 1. The van der Waals surface area contributed by atoms with Crippen molar-refractivity contribution in [3.05, 3.63) is 81.8 Å². The summed E-state index contributed by atoms with van der Waals surface area (Å²) in [4.78, 5) is 5.89. The second-order valence-corrected chi connectivity index (χ2v) is 8.81. The Bertz CT molecular complexity index is 935. The number of hydrogen-bond donors (Lipinski definition) is 1. The molecule has 0 aliphatic carbocycles. The van der Waals surface area contributed by atoms with Gasteiger partial charge in [-0.3, -0.25) is 0 Å². The zero-order valence-corrected chi connectivity index (χ0v) is 15.6. The van der Waals surface area contributed by atoms with Gasteiger partial charge in [0.25, 0.3) is 0 Å². The Morgan fingerprint density at radius 2 is 1.88 bits per heavy atom. The van der Waals surface area contributed by atoms with Crippen LogP contribution in [0, 0.1) is 6.92 Å². The first-order valence-electron chi connectivity index (χ1n) is 8.07. The molecule has 0 spiro atoms. The van der Waals surface area contributed by atoms with E-state index in [9.17, 15) is 8.42 Å². The normalized spacial score (nSPS) is 11.6. The maximum Gasteiger partial charge on any atom is 0.240 e. The van der Waals surface area contributed by atoms with E-state index in [-0.39, 0.29) is 0 Å². The molecule has 0 atom stereocenters. The third-order valence-corrected chi connectivity index (χ3v) is 6.27. The number of rotatable bonds is 7. The van der Waals surface area contributed by atoms with Gasteiger partial charge in [0.15, 0.2) is 0 Å². The molecule has 1 aromatic heterocycles. The molecule has 6 heteroatoms. The van der Waals surface area contributed by atoms with Crippen molar-refractivity contribution in [3.8, 4) is 0 Å². The summed E-state index contributed by atoms with van der Waals surface area (Å²) in [5, 5.41) is 0.942. The van der Waals surface area contributed by atoms with E-state index in [1.165, 1.54) is 10.4 Å². The summed E-state index contributed by atoms with van der Waals surface area (Å²) in [7, 11) is -3.47. The Hall–Kier alpha value is -2.02. The van der Waals surface area contributed by atoms with Gasteiger partial charge in [0.2, 0.25) is 10.0 Å². The molecule has 0 saturated heterocycles. The summed E-state index contributed by atoms with van der Waals surface area (Å²) in [5.74, 6) is 0. The second kappa shape index (κ2) is 7.91. The first-order chi connectivity index (χ1) is 12.0. The fourth-order valence-corrected chi connectivity index (χ4v) is 4.59. The molecule has 4 nitrogen and oxygen atoms in total. The highest BCUT2D eigenvalue weighted by atomic mass is 32.2. The van der Waals surface area contributed by atoms with E-state index in [1.807, 2.05) is 37.4 Å². The largest absolute Gasteiger partial charge is 0.249 e. The van der Waals surface area contributed by atoms with Gasteiger partial charge in [-0.05, 0) is 30.2 Å². The van der Waals surface area contributed by atoms with Crippen molar-refractivity contribution in [3.63, 3.8) is 0 Å². The lowest BCUT2D eigenvalue weighted by molar-refractivity contribution is 0.581. The number of sulfonamides is 1. The van der Waals surface area contributed by atoms with Crippen LogP contribution in [0.3, 0.4) is 0 Å². The molecule has 0 saturated carbocycles. The van der Waals surface area contributed by atoms with Crippen LogP contribution in [0.25, 0.3) is 0 Å². The van der Waals surface area contributed by atoms with Gasteiger partial charge < -0.3 is 0 Å². The molecule has 25 heavy (non-hydrogen) atoms. The van der Waals surface area contributed by atoms with Crippen molar-refractivity contribution < 1.29 is 8.42 Å². The van der Waals surface area contributed by atoms with E-state index in [0.29, 0.717) is 17.9 Å². The van der Waals surface area contributed by atoms with Crippen molar-refractivity contribution >= 4 is 21.4 Å². The van der Waals surface area contributed by atoms with Crippen LogP contribution in [0.1, 0.15) is 21.0 Å². The average molecular weight is 373 g/mol. The summed E-state index contributed by atoms with van der Waals surface area (Å²) in [6.07, 6.45) is 3.32. The summed E-state index contributed by atoms with van der Waals surface area (Å²) < 4.78 is 27.2. The summed E-state index contributed by atoms with van der Waals surface area (Å²) in [6.45, 7) is 2.22. The first-order valence-corrected chi connectivity index (χ1v) is 10.4. The molecular formula is C19H20N2O2S2. The molecule has 0 radical (unpaired) electrons. The lowest BCUT2D eigenvalue weighted by Crippen LogP contribution is -2.26. The molecule has 0 amide bonds. The highest BCUT2D eigenvalue weighted by Gasteiger charge is 2.13. The second-order valence-electron chi connectivity index (χ2n) is 5.85. The Kier molecular flexibility index (Phi) is 5.63. The predicted octanol–water partition coefficient (Wildman–Crippen LogP) is 3.56. The number of aryl methyl sites for hydroxylation is 1. The van der Waals surface area contributed by atoms with Crippen LogP contribution in [0.2, 0.25) is 0 Å². The minimum absolute atomic E-state index is 0.302. The monoisotopic (exact) mass is 372 g/mol. The van der Waals surface area contributed by atoms with Gasteiger partial charge in [0.05, 0.1) is 9.90 Å². The average Bonchev–Trinajstić information content (AvgIpc) is 3.03. The molecule has 3 aromatic rings. The molecule has 0 aliphatic heterocycles. The van der Waals surface area contributed by atoms with Crippen molar-refractivity contribution in [1.29, 1.82) is 0 Å². The highest BCUT2D eigenvalue weighted by Crippen LogP contribution is 2.18. The molecule has 0 bridgehead atoms. The molecule has 0 unspecified atom stereocenters. The quantitative estimate of drug-likeness (QED) is 0.690. The predicted molar refractivity (Wildman–Crippen MR) is 101 cm³/mol. The van der Waals surface area contributed by atoms with Gasteiger partial charge in [-0.2, -0.15) is 0 Å². The number of benzene rings is 2. The van der Waals surface area contributed by atoms with Gasteiger partial charge in [0, 0.05) is 30.5 Å². The zero-order chi connectivity index (χ0) is 17.7. The van der Waals surface area contributed by atoms with E-state index in [1.54, 1.807) is 29.5 Å². The molecule has 130 valence electrons. The Morgan fingerprint density at radius 3 is 2.64 bits per heavy atom. The number of nitrogens with zero attached hydrogens (tertiary/aromatic N) is 1. The van der Waals surface area contributed by atoms with Gasteiger partial charge in [0.1, 0.15) is 0 Å². The molecule has 0 fully saturated rings. The lowest BCUT2D eigenvalue weighted by atomic mass is 10.1. The highest BCUT2D eigenvalue weighted by molar-refractivity contribution is 7.89. The van der Waals surface area contributed by atoms with E-state index in [0.717, 1.165) is 17.0 Å². The zero-order valence-electron chi connectivity index (χ0n) is 14.0. The minimum Gasteiger partial charge on any atom is -0.249 e. The SMILES string of the molecule is Cc1cccc(S(=O)(=O)NCCc2ncc(Cc3ccccc3)s2)c1. The van der Waals surface area contributed by atoms with Crippen molar-refractivity contribution in [1.82, 2.24) is 9.71 Å². The third kappa shape index (κ3) is 4.98. The molecule has 2 aromatic carbocycles. The fourth-order valence-electron chi connectivity index (χ4n) is 2.50. The Morgan fingerprint density at radius 1 is 1.08 bits per heavy atom. The summed E-state index contributed by atoms with van der Waals surface area (Å²) in [6, 6.07) is 17.1. The van der Waals surface area contributed by atoms with Crippen LogP contribution in [-0.2, 0) is 22.9 Å². The molecular weight excluding hydrogens is 352 g/mol. The Balaban J connectivity index is 1.56. The van der Waals surface area contributed by atoms with Gasteiger partial charge in [-0.15, -0.1) is 11.3 Å². The lowest BCUT2D eigenvalue weighted by Gasteiger charge is -2.06. The summed E-state index contributed by atoms with van der Waals surface area (Å²) in [5.41, 5.74) is 2.17. The molecule has 0 aliphatic rings. The maximum absolute atomic E-state index is 12.3. The maximum atomic E-state index is 12.3. The van der Waals surface area contributed by atoms with Gasteiger partial charge >= 0.3 is 0 Å². The minimum atomic E-state index is -3.47. The Labute approximate surface area is 152 Å². The molecule has 1 N–H and O–H groups in total. The van der Waals surface area contributed by atoms with Crippen LogP contribution >= 0.6 is 11.3 Å². The van der Waals surface area contributed by atoms with Crippen LogP contribution in [0.4, 0.5) is 0 Å².